The maximum absolute atomic E-state index is 13.9. The van der Waals surface area contributed by atoms with E-state index in [2.05, 4.69) is 15.6 Å². The number of hydrogen-bond donors (Lipinski definition) is 3. The predicted octanol–water partition coefficient (Wildman–Crippen LogP) is 5.68. The smallest absolute Gasteiger partial charge is 0.386 e. The standard InChI is InChI=1S/C20H18F4N4S/c1-26-17-7-4-13(9-16(17)21)18-11-28-19(29-18)27-10-15(25)8-12-2-5-14(6-3-12)20(22,23)24/h2-7,9,11,25-26H,8,10H2,1H3,(H,27,28). The molecule has 4 nitrogen and oxygen atoms in total. The summed E-state index contributed by atoms with van der Waals surface area (Å²) in [4.78, 5) is 5.01. The van der Waals surface area contributed by atoms with Crippen LogP contribution in [0.3, 0.4) is 0 Å². The number of anilines is 2. The van der Waals surface area contributed by atoms with Crippen LogP contribution in [0.25, 0.3) is 10.4 Å². The van der Waals surface area contributed by atoms with Crippen molar-refractivity contribution in [1.82, 2.24) is 4.98 Å². The first kappa shape index (κ1) is 20.8. The highest BCUT2D eigenvalue weighted by Gasteiger charge is 2.29. The van der Waals surface area contributed by atoms with Crippen LogP contribution in [0.5, 0.6) is 0 Å². The van der Waals surface area contributed by atoms with Crippen molar-refractivity contribution in [2.75, 3.05) is 24.2 Å². The molecule has 0 radical (unpaired) electrons. The third-order valence-electron chi connectivity index (χ3n) is 4.18. The Morgan fingerprint density at radius 2 is 1.86 bits per heavy atom. The Morgan fingerprint density at radius 3 is 2.48 bits per heavy atom. The number of rotatable bonds is 7. The van der Waals surface area contributed by atoms with Gasteiger partial charge in [-0.15, -0.1) is 0 Å². The van der Waals surface area contributed by atoms with Crippen molar-refractivity contribution in [3.63, 3.8) is 0 Å². The molecular formula is C20H18F4N4S. The third kappa shape index (κ3) is 5.32. The SMILES string of the molecule is CNc1ccc(-c2cnc(NCC(=N)Cc3ccc(C(F)(F)F)cc3)s2)cc1F. The molecule has 0 bridgehead atoms. The fourth-order valence-corrected chi connectivity index (χ4v) is 3.47. The zero-order chi connectivity index (χ0) is 21.0. The summed E-state index contributed by atoms with van der Waals surface area (Å²) < 4.78 is 51.7. The van der Waals surface area contributed by atoms with Gasteiger partial charge < -0.3 is 16.0 Å². The van der Waals surface area contributed by atoms with E-state index in [1.807, 2.05) is 0 Å². The average Bonchev–Trinajstić information content (AvgIpc) is 3.15. The minimum atomic E-state index is -4.37. The van der Waals surface area contributed by atoms with Crippen molar-refractivity contribution in [2.45, 2.75) is 12.6 Å². The number of hydrogen-bond acceptors (Lipinski definition) is 5. The molecule has 2 aromatic carbocycles. The predicted molar refractivity (Wildman–Crippen MR) is 108 cm³/mol. The van der Waals surface area contributed by atoms with Crippen LogP contribution in [-0.2, 0) is 12.6 Å². The highest BCUT2D eigenvalue weighted by molar-refractivity contribution is 7.18. The molecule has 0 aliphatic carbocycles. The Bertz CT molecular complexity index is 996. The number of thiazole rings is 1. The van der Waals surface area contributed by atoms with Crippen LogP contribution in [0.15, 0.2) is 48.7 Å². The molecular weight excluding hydrogens is 404 g/mol. The van der Waals surface area contributed by atoms with Gasteiger partial charge in [0.1, 0.15) is 5.82 Å². The van der Waals surface area contributed by atoms with Crippen LogP contribution < -0.4 is 10.6 Å². The van der Waals surface area contributed by atoms with Crippen LogP contribution in [0.1, 0.15) is 11.1 Å². The minimum absolute atomic E-state index is 0.209. The van der Waals surface area contributed by atoms with Crippen LogP contribution in [0.4, 0.5) is 28.4 Å². The molecule has 0 aliphatic rings. The van der Waals surface area contributed by atoms with Gasteiger partial charge in [-0.25, -0.2) is 9.37 Å². The monoisotopic (exact) mass is 422 g/mol. The van der Waals surface area contributed by atoms with E-state index in [1.54, 1.807) is 25.4 Å². The lowest BCUT2D eigenvalue weighted by molar-refractivity contribution is -0.137. The molecule has 1 heterocycles. The van der Waals surface area contributed by atoms with Gasteiger partial charge in [-0.1, -0.05) is 29.5 Å². The van der Waals surface area contributed by atoms with Crippen LogP contribution in [-0.4, -0.2) is 24.3 Å². The zero-order valence-corrected chi connectivity index (χ0v) is 16.2. The third-order valence-corrected chi connectivity index (χ3v) is 5.18. The Kier molecular flexibility index (Phi) is 6.17. The maximum atomic E-state index is 13.9. The second-order valence-electron chi connectivity index (χ2n) is 6.30. The highest BCUT2D eigenvalue weighted by atomic mass is 32.1. The molecule has 3 rings (SSSR count). The quantitative estimate of drug-likeness (QED) is 0.339. The number of nitrogens with zero attached hydrogens (tertiary/aromatic N) is 1. The molecule has 0 saturated carbocycles. The molecule has 152 valence electrons. The van der Waals surface area contributed by atoms with E-state index in [4.69, 9.17) is 5.41 Å². The largest absolute Gasteiger partial charge is 0.416 e. The topological polar surface area (TPSA) is 60.8 Å². The van der Waals surface area contributed by atoms with Crippen molar-refractivity contribution in [3.8, 4) is 10.4 Å². The van der Waals surface area contributed by atoms with Crippen molar-refractivity contribution >= 4 is 27.9 Å². The normalized spacial score (nSPS) is 11.3. The Morgan fingerprint density at radius 1 is 1.14 bits per heavy atom. The lowest BCUT2D eigenvalue weighted by atomic mass is 10.1. The zero-order valence-electron chi connectivity index (χ0n) is 15.4. The summed E-state index contributed by atoms with van der Waals surface area (Å²) in [5.74, 6) is -0.355. The maximum Gasteiger partial charge on any atom is 0.416 e. The lowest BCUT2D eigenvalue weighted by Gasteiger charge is -2.08. The summed E-state index contributed by atoms with van der Waals surface area (Å²) in [6, 6.07) is 9.65. The van der Waals surface area contributed by atoms with E-state index < -0.39 is 11.7 Å². The van der Waals surface area contributed by atoms with Gasteiger partial charge in [0.2, 0.25) is 0 Å². The first-order valence-corrected chi connectivity index (χ1v) is 9.47. The Hall–Kier alpha value is -2.94. The van der Waals surface area contributed by atoms with E-state index in [9.17, 15) is 17.6 Å². The molecule has 0 spiro atoms. The molecule has 9 heteroatoms. The van der Waals surface area contributed by atoms with Gasteiger partial charge >= 0.3 is 6.18 Å². The van der Waals surface area contributed by atoms with Crippen molar-refractivity contribution in [2.24, 2.45) is 0 Å². The molecule has 3 N–H and O–H groups in total. The van der Waals surface area contributed by atoms with Crippen LogP contribution in [0, 0.1) is 11.2 Å². The Balaban J connectivity index is 1.56. The lowest BCUT2D eigenvalue weighted by Crippen LogP contribution is -2.15. The molecule has 0 fully saturated rings. The van der Waals surface area contributed by atoms with Crippen LogP contribution >= 0.6 is 11.3 Å². The van der Waals surface area contributed by atoms with Gasteiger partial charge in [0.25, 0.3) is 0 Å². The Labute approximate surface area is 169 Å². The van der Waals surface area contributed by atoms with Gasteiger partial charge in [-0.3, -0.25) is 0 Å². The van der Waals surface area contributed by atoms with E-state index in [1.165, 1.54) is 29.5 Å². The fourth-order valence-electron chi connectivity index (χ4n) is 2.66. The van der Waals surface area contributed by atoms with Crippen molar-refractivity contribution < 1.29 is 17.6 Å². The van der Waals surface area contributed by atoms with Gasteiger partial charge in [0, 0.05) is 25.4 Å². The van der Waals surface area contributed by atoms with Gasteiger partial charge in [0.15, 0.2) is 5.13 Å². The van der Waals surface area contributed by atoms with Gasteiger partial charge in [-0.05, 0) is 35.4 Å². The minimum Gasteiger partial charge on any atom is -0.386 e. The van der Waals surface area contributed by atoms with Crippen LogP contribution in [0.2, 0.25) is 0 Å². The van der Waals surface area contributed by atoms with Crippen molar-refractivity contribution in [3.05, 3.63) is 65.6 Å². The van der Waals surface area contributed by atoms with E-state index in [0.717, 1.165) is 17.0 Å². The molecule has 1 aromatic heterocycles. The molecule has 29 heavy (non-hydrogen) atoms. The molecule has 0 amide bonds. The summed E-state index contributed by atoms with van der Waals surface area (Å²) in [7, 11) is 1.65. The fraction of sp³-hybridized carbons (Fsp3) is 0.200. The van der Waals surface area contributed by atoms with E-state index in [-0.39, 0.29) is 18.8 Å². The summed E-state index contributed by atoms with van der Waals surface area (Å²) >= 11 is 1.33. The first-order valence-electron chi connectivity index (χ1n) is 8.66. The average molecular weight is 422 g/mol. The van der Waals surface area contributed by atoms with E-state index >= 15 is 0 Å². The summed E-state index contributed by atoms with van der Waals surface area (Å²) in [6.07, 6.45) is -2.51. The van der Waals surface area contributed by atoms with E-state index in [0.29, 0.717) is 27.7 Å². The van der Waals surface area contributed by atoms with Crippen molar-refractivity contribution in [1.29, 1.82) is 5.41 Å². The number of halogens is 4. The van der Waals surface area contributed by atoms with Gasteiger partial charge in [0.05, 0.1) is 22.7 Å². The second kappa shape index (κ2) is 8.60. The first-order chi connectivity index (χ1) is 13.8. The number of aromatic nitrogens is 1. The summed E-state index contributed by atoms with van der Waals surface area (Å²) in [5.41, 5.74) is 1.34. The number of nitrogens with one attached hydrogen (secondary N) is 3. The number of benzene rings is 2. The van der Waals surface area contributed by atoms with Gasteiger partial charge in [-0.2, -0.15) is 13.2 Å². The molecule has 3 aromatic rings. The second-order valence-corrected chi connectivity index (χ2v) is 7.33. The summed E-state index contributed by atoms with van der Waals surface area (Å²) in [6.45, 7) is 0.209. The molecule has 0 aliphatic heterocycles. The molecule has 0 atom stereocenters. The molecule has 0 saturated heterocycles. The number of alkyl halides is 3. The molecule has 0 unspecified atom stereocenters. The summed E-state index contributed by atoms with van der Waals surface area (Å²) in [5, 5.41) is 14.4. The highest BCUT2D eigenvalue weighted by Crippen LogP contribution is 2.31.